The summed E-state index contributed by atoms with van der Waals surface area (Å²) in [5.74, 6) is 0. The fourth-order valence-electron chi connectivity index (χ4n) is 3.22. The molecule has 1 N–H and O–H groups in total. The molecule has 0 radical (unpaired) electrons. The van der Waals surface area contributed by atoms with Crippen molar-refractivity contribution in [3.63, 3.8) is 0 Å². The summed E-state index contributed by atoms with van der Waals surface area (Å²) < 4.78 is 45.8. The highest BCUT2D eigenvalue weighted by Gasteiger charge is 2.52. The Bertz CT molecular complexity index is 890. The van der Waals surface area contributed by atoms with Crippen LogP contribution in [-0.4, -0.2) is 61.9 Å². The Hall–Kier alpha value is -1.14. The van der Waals surface area contributed by atoms with Crippen LogP contribution in [0.2, 0.25) is 0 Å². The number of carbonyl (C=O) groups is 1. The van der Waals surface area contributed by atoms with Crippen LogP contribution in [0.4, 0.5) is 4.79 Å². The molecule has 0 aliphatic carbocycles. The minimum absolute atomic E-state index is 0.214. The lowest BCUT2D eigenvalue weighted by atomic mass is 9.88. The second-order valence-corrected chi connectivity index (χ2v) is 13.0. The van der Waals surface area contributed by atoms with Crippen LogP contribution in [0.1, 0.15) is 54.9 Å². The molecule has 0 saturated carbocycles. The smallest absolute Gasteiger partial charge is 0.444 e. The summed E-state index contributed by atoms with van der Waals surface area (Å²) in [5, 5.41) is 2.75. The first-order chi connectivity index (χ1) is 13.6. The summed E-state index contributed by atoms with van der Waals surface area (Å²) in [6.07, 6.45) is -0.000541. The number of hydrogen-bond donors (Lipinski definition) is 1. The molecule has 0 aromatic carbocycles. The van der Waals surface area contributed by atoms with Crippen molar-refractivity contribution in [1.82, 2.24) is 9.62 Å². The van der Waals surface area contributed by atoms with Crippen LogP contribution in [-0.2, 0) is 24.1 Å². The van der Waals surface area contributed by atoms with Crippen molar-refractivity contribution in [3.05, 3.63) is 12.1 Å². The highest BCUT2D eigenvalue weighted by molar-refractivity contribution is 7.91. The number of sulfonamides is 1. The third-order valence-corrected chi connectivity index (χ3v) is 8.99. The number of carbonyl (C=O) groups excluding carboxylic acids is 1. The molecule has 2 aliphatic rings. The second-order valence-electron chi connectivity index (χ2n) is 9.74. The van der Waals surface area contributed by atoms with Gasteiger partial charge in [-0.1, -0.05) is 6.07 Å². The van der Waals surface area contributed by atoms with E-state index in [1.165, 1.54) is 4.31 Å². The molecule has 0 unspecified atom stereocenters. The zero-order valence-corrected chi connectivity index (χ0v) is 20.3. The van der Waals surface area contributed by atoms with Gasteiger partial charge in [0.1, 0.15) is 9.81 Å². The monoisotopic (exact) mass is 458 g/mol. The molecule has 2 saturated heterocycles. The number of amides is 1. The normalized spacial score (nSPS) is 24.2. The van der Waals surface area contributed by atoms with E-state index in [-0.39, 0.29) is 16.8 Å². The van der Waals surface area contributed by atoms with Gasteiger partial charge in [0.15, 0.2) is 0 Å². The molecule has 3 rings (SSSR count). The van der Waals surface area contributed by atoms with Gasteiger partial charge >= 0.3 is 13.2 Å². The number of ether oxygens (including phenoxy) is 1. The Balaban J connectivity index is 1.66. The molecular weight excluding hydrogens is 427 g/mol. The SMILES string of the molecule is CC(C)(C)OC(=O)N[C@H]1CCN(S(=O)(=O)c2ccc(B3OC(C)(C)C(C)(C)O3)s2)C1. The Morgan fingerprint density at radius 3 is 2.40 bits per heavy atom. The van der Waals surface area contributed by atoms with E-state index in [1.807, 2.05) is 27.7 Å². The van der Waals surface area contributed by atoms with Crippen molar-refractivity contribution in [2.75, 3.05) is 13.1 Å². The summed E-state index contributed by atoms with van der Waals surface area (Å²) in [4.78, 5) is 12.0. The summed E-state index contributed by atoms with van der Waals surface area (Å²) in [7, 11) is -4.25. The van der Waals surface area contributed by atoms with E-state index in [2.05, 4.69) is 5.32 Å². The molecule has 0 bridgehead atoms. The fraction of sp³-hybridized carbons (Fsp3) is 0.737. The van der Waals surface area contributed by atoms with Gasteiger partial charge < -0.3 is 19.4 Å². The van der Waals surface area contributed by atoms with Crippen molar-refractivity contribution in [1.29, 1.82) is 0 Å². The largest absolute Gasteiger partial charge is 0.505 e. The van der Waals surface area contributed by atoms with Crippen LogP contribution < -0.4 is 10.1 Å². The molecule has 0 spiro atoms. The van der Waals surface area contributed by atoms with Crippen molar-refractivity contribution >= 4 is 39.3 Å². The second kappa shape index (κ2) is 7.77. The van der Waals surface area contributed by atoms with Crippen molar-refractivity contribution in [2.45, 2.75) is 81.9 Å². The maximum Gasteiger partial charge on any atom is 0.505 e. The topological polar surface area (TPSA) is 94.2 Å². The first-order valence-electron chi connectivity index (χ1n) is 10.1. The number of hydrogen-bond acceptors (Lipinski definition) is 7. The van der Waals surface area contributed by atoms with Crippen molar-refractivity contribution in [2.24, 2.45) is 0 Å². The van der Waals surface area contributed by atoms with E-state index in [0.717, 1.165) is 16.1 Å². The first kappa shape index (κ1) is 23.5. The Morgan fingerprint density at radius 1 is 1.23 bits per heavy atom. The maximum absolute atomic E-state index is 13.1. The highest BCUT2D eigenvalue weighted by atomic mass is 32.2. The number of nitrogens with one attached hydrogen (secondary N) is 1. The molecule has 2 aliphatic heterocycles. The zero-order chi connectivity index (χ0) is 22.5. The molecule has 1 atom stereocenters. The molecule has 30 heavy (non-hydrogen) atoms. The predicted molar refractivity (Wildman–Crippen MR) is 117 cm³/mol. The van der Waals surface area contributed by atoms with E-state index in [0.29, 0.717) is 13.0 Å². The molecule has 3 heterocycles. The van der Waals surface area contributed by atoms with Crippen LogP contribution in [0.15, 0.2) is 16.3 Å². The van der Waals surface area contributed by atoms with E-state index < -0.39 is 40.0 Å². The zero-order valence-electron chi connectivity index (χ0n) is 18.6. The van der Waals surface area contributed by atoms with Crippen LogP contribution >= 0.6 is 11.3 Å². The first-order valence-corrected chi connectivity index (χ1v) is 12.3. The third-order valence-electron chi connectivity index (χ3n) is 5.55. The highest BCUT2D eigenvalue weighted by Crippen LogP contribution is 2.37. The maximum atomic E-state index is 13.1. The lowest BCUT2D eigenvalue weighted by Gasteiger charge is -2.32. The van der Waals surface area contributed by atoms with E-state index >= 15 is 0 Å². The third kappa shape index (κ3) is 4.85. The van der Waals surface area contributed by atoms with E-state index in [4.69, 9.17) is 14.0 Å². The average molecular weight is 458 g/mol. The summed E-state index contributed by atoms with van der Waals surface area (Å²) in [6.45, 7) is 13.7. The molecule has 2 fully saturated rings. The standard InChI is InChI=1S/C19H31BN2O6S2/c1-17(2,3)26-16(23)21-13-10-11-22(12-13)30(24,25)15-9-8-14(29-15)20-27-18(4,5)19(6,7)28-20/h8-9,13H,10-12H2,1-7H3,(H,21,23)/t13-/m0/s1. The van der Waals surface area contributed by atoms with E-state index in [9.17, 15) is 13.2 Å². The predicted octanol–water partition coefficient (Wildman–Crippen LogP) is 2.33. The Morgan fingerprint density at radius 2 is 1.83 bits per heavy atom. The van der Waals surface area contributed by atoms with Gasteiger partial charge in [0.2, 0.25) is 0 Å². The van der Waals surface area contributed by atoms with Gasteiger partial charge in [0.05, 0.1) is 11.2 Å². The minimum Gasteiger partial charge on any atom is -0.444 e. The number of nitrogens with zero attached hydrogens (tertiary/aromatic N) is 1. The van der Waals surface area contributed by atoms with Crippen LogP contribution in [0, 0.1) is 0 Å². The number of alkyl carbamates (subject to hydrolysis) is 1. The molecule has 1 amide bonds. The Kier molecular flexibility index (Phi) is 6.10. The van der Waals surface area contributed by atoms with Gasteiger partial charge in [-0.15, -0.1) is 11.3 Å². The molecule has 8 nitrogen and oxygen atoms in total. The van der Waals surface area contributed by atoms with Gasteiger partial charge in [-0.25, -0.2) is 13.2 Å². The quantitative estimate of drug-likeness (QED) is 0.697. The summed E-state index contributed by atoms with van der Waals surface area (Å²) in [6, 6.07) is 3.05. The molecular formula is C19H31BN2O6S2. The van der Waals surface area contributed by atoms with Crippen LogP contribution in [0.5, 0.6) is 0 Å². The number of thiophene rings is 1. The van der Waals surface area contributed by atoms with Gasteiger partial charge in [0, 0.05) is 23.9 Å². The molecule has 168 valence electrons. The average Bonchev–Trinajstić information content (AvgIpc) is 3.24. The Labute approximate surface area is 183 Å². The lowest BCUT2D eigenvalue weighted by Crippen LogP contribution is -2.41. The van der Waals surface area contributed by atoms with Gasteiger partial charge in [-0.05, 0) is 61.0 Å². The van der Waals surface area contributed by atoms with Gasteiger partial charge in [-0.2, -0.15) is 4.31 Å². The van der Waals surface area contributed by atoms with Gasteiger partial charge in [0.25, 0.3) is 10.0 Å². The van der Waals surface area contributed by atoms with E-state index in [1.54, 1.807) is 32.9 Å². The van der Waals surface area contributed by atoms with Crippen LogP contribution in [0.3, 0.4) is 0 Å². The van der Waals surface area contributed by atoms with Crippen molar-refractivity contribution in [3.8, 4) is 0 Å². The molecule has 1 aromatic heterocycles. The van der Waals surface area contributed by atoms with Crippen molar-refractivity contribution < 1.29 is 27.3 Å². The summed E-state index contributed by atoms with van der Waals surface area (Å²) in [5.41, 5.74) is -1.58. The molecule has 1 aromatic rings. The summed E-state index contributed by atoms with van der Waals surface area (Å²) >= 11 is 1.16. The lowest BCUT2D eigenvalue weighted by molar-refractivity contribution is 0.00578. The minimum atomic E-state index is -3.66. The fourth-order valence-corrected chi connectivity index (χ4v) is 6.16. The van der Waals surface area contributed by atoms with Gasteiger partial charge in [-0.3, -0.25) is 0 Å². The number of rotatable bonds is 4. The van der Waals surface area contributed by atoms with Crippen LogP contribution in [0.25, 0.3) is 0 Å². The molecule has 11 heteroatoms.